The van der Waals surface area contributed by atoms with Crippen molar-refractivity contribution in [1.82, 2.24) is 10.2 Å². The minimum Gasteiger partial charge on any atom is -0.325 e. The maximum atomic E-state index is 12.0. The van der Waals surface area contributed by atoms with Gasteiger partial charge in [-0.3, -0.25) is 9.69 Å². The van der Waals surface area contributed by atoms with Crippen LogP contribution < -0.4 is 10.6 Å². The highest BCUT2D eigenvalue weighted by atomic mass is 35.5. The Morgan fingerprint density at radius 1 is 1.50 bits per heavy atom. The highest BCUT2D eigenvalue weighted by Crippen LogP contribution is 2.25. The summed E-state index contributed by atoms with van der Waals surface area (Å²) in [7, 11) is 0. The van der Waals surface area contributed by atoms with Crippen LogP contribution in [0.4, 0.5) is 5.69 Å². The molecule has 1 aliphatic rings. The Bertz CT molecular complexity index is 481. The fraction of sp³-hybridized carbons (Fsp3) is 0.500. The lowest BCUT2D eigenvalue weighted by atomic mass is 10.2. The topological polar surface area (TPSA) is 44.4 Å². The molecule has 1 aliphatic heterocycles. The second-order valence-corrected chi connectivity index (χ2v) is 5.86. The summed E-state index contributed by atoms with van der Waals surface area (Å²) in [4.78, 5) is 14.3. The van der Waals surface area contributed by atoms with E-state index < -0.39 is 0 Å². The molecular weight excluding hydrogens is 297 g/mol. The van der Waals surface area contributed by atoms with Crippen LogP contribution >= 0.6 is 23.2 Å². The van der Waals surface area contributed by atoms with Crippen molar-refractivity contribution < 1.29 is 4.79 Å². The molecule has 0 bridgehead atoms. The summed E-state index contributed by atoms with van der Waals surface area (Å²) in [6, 6.07) is 5.50. The van der Waals surface area contributed by atoms with Crippen molar-refractivity contribution in [3.63, 3.8) is 0 Å². The van der Waals surface area contributed by atoms with Gasteiger partial charge in [0.2, 0.25) is 5.91 Å². The van der Waals surface area contributed by atoms with Crippen LogP contribution in [0.3, 0.4) is 0 Å². The van der Waals surface area contributed by atoms with E-state index in [4.69, 9.17) is 23.2 Å². The summed E-state index contributed by atoms with van der Waals surface area (Å²) in [6.45, 7) is 5.85. The number of benzene rings is 1. The van der Waals surface area contributed by atoms with E-state index in [0.717, 1.165) is 26.2 Å². The molecule has 1 heterocycles. The zero-order valence-electron chi connectivity index (χ0n) is 11.5. The van der Waals surface area contributed by atoms with Gasteiger partial charge in [-0.1, -0.05) is 23.2 Å². The summed E-state index contributed by atoms with van der Waals surface area (Å²) < 4.78 is 0. The fourth-order valence-corrected chi connectivity index (χ4v) is 2.60. The second kappa shape index (κ2) is 7.27. The highest BCUT2D eigenvalue weighted by molar-refractivity contribution is 6.35. The molecule has 0 radical (unpaired) electrons. The smallest absolute Gasteiger partial charge is 0.225 e. The van der Waals surface area contributed by atoms with Crippen molar-refractivity contribution >= 4 is 34.8 Å². The number of nitrogens with one attached hydrogen (secondary N) is 2. The number of hydrogen-bond acceptors (Lipinski definition) is 3. The number of hydrogen-bond donors (Lipinski definition) is 2. The predicted octanol–water partition coefficient (Wildman–Crippen LogP) is 2.62. The highest BCUT2D eigenvalue weighted by Gasteiger charge is 2.18. The third kappa shape index (κ3) is 4.35. The molecule has 4 nitrogen and oxygen atoms in total. The predicted molar refractivity (Wildman–Crippen MR) is 83.6 cm³/mol. The number of rotatable bonds is 4. The number of nitrogens with zero attached hydrogens (tertiary/aromatic N) is 1. The lowest BCUT2D eigenvalue weighted by molar-refractivity contribution is -0.116. The first-order chi connectivity index (χ1) is 9.56. The van der Waals surface area contributed by atoms with Crippen LogP contribution in [-0.2, 0) is 4.79 Å². The van der Waals surface area contributed by atoms with Gasteiger partial charge in [0.05, 0.1) is 10.7 Å². The molecule has 1 amide bonds. The molecule has 20 heavy (non-hydrogen) atoms. The quantitative estimate of drug-likeness (QED) is 0.897. The molecule has 0 aliphatic carbocycles. The van der Waals surface area contributed by atoms with Crippen molar-refractivity contribution in [3.05, 3.63) is 28.2 Å². The van der Waals surface area contributed by atoms with Crippen molar-refractivity contribution in [2.75, 3.05) is 31.5 Å². The molecule has 0 saturated carbocycles. The number of anilines is 1. The van der Waals surface area contributed by atoms with Gasteiger partial charge in [0, 0.05) is 43.7 Å². The van der Waals surface area contributed by atoms with Crippen LogP contribution in [0, 0.1) is 0 Å². The van der Waals surface area contributed by atoms with Gasteiger partial charge in [-0.2, -0.15) is 0 Å². The molecule has 0 unspecified atom stereocenters. The number of carbonyl (C=O) groups is 1. The van der Waals surface area contributed by atoms with Gasteiger partial charge in [0.1, 0.15) is 0 Å². The lowest BCUT2D eigenvalue weighted by Gasteiger charge is -2.33. The molecule has 1 fully saturated rings. The van der Waals surface area contributed by atoms with Crippen LogP contribution in [0.5, 0.6) is 0 Å². The molecule has 110 valence electrons. The molecule has 1 aromatic rings. The Kier molecular flexibility index (Phi) is 5.66. The maximum Gasteiger partial charge on any atom is 0.225 e. The minimum atomic E-state index is -0.0418. The van der Waals surface area contributed by atoms with Gasteiger partial charge in [0.25, 0.3) is 0 Å². The number of halogens is 2. The first-order valence-corrected chi connectivity index (χ1v) is 7.51. The van der Waals surface area contributed by atoms with Crippen molar-refractivity contribution in [2.45, 2.75) is 19.4 Å². The summed E-state index contributed by atoms with van der Waals surface area (Å²) in [5, 5.41) is 7.19. The Morgan fingerprint density at radius 3 is 3.05 bits per heavy atom. The monoisotopic (exact) mass is 315 g/mol. The number of amides is 1. The van der Waals surface area contributed by atoms with Crippen molar-refractivity contribution in [1.29, 1.82) is 0 Å². The Labute approximate surface area is 129 Å². The number of piperazine rings is 1. The van der Waals surface area contributed by atoms with Crippen LogP contribution in [-0.4, -0.2) is 43.0 Å². The Balaban J connectivity index is 1.84. The summed E-state index contributed by atoms with van der Waals surface area (Å²) >= 11 is 11.9. The summed E-state index contributed by atoms with van der Waals surface area (Å²) in [5.41, 5.74) is 0.567. The zero-order chi connectivity index (χ0) is 14.5. The van der Waals surface area contributed by atoms with Gasteiger partial charge in [0.15, 0.2) is 0 Å². The minimum absolute atomic E-state index is 0.0418. The Morgan fingerprint density at radius 2 is 2.30 bits per heavy atom. The van der Waals surface area contributed by atoms with Crippen LogP contribution in [0.15, 0.2) is 18.2 Å². The molecule has 0 spiro atoms. The van der Waals surface area contributed by atoms with Crippen LogP contribution in [0.1, 0.15) is 13.3 Å². The van der Waals surface area contributed by atoms with E-state index in [1.54, 1.807) is 18.2 Å². The normalized spacial score (nSPS) is 19.9. The lowest BCUT2D eigenvalue weighted by Crippen LogP contribution is -2.50. The third-order valence-corrected chi connectivity index (χ3v) is 4.03. The molecule has 1 aromatic carbocycles. The van der Waals surface area contributed by atoms with Crippen molar-refractivity contribution in [3.8, 4) is 0 Å². The molecule has 2 N–H and O–H groups in total. The van der Waals surface area contributed by atoms with E-state index in [-0.39, 0.29) is 5.91 Å². The molecule has 2 rings (SSSR count). The van der Waals surface area contributed by atoms with Crippen molar-refractivity contribution in [2.24, 2.45) is 0 Å². The average molecular weight is 316 g/mol. The second-order valence-electron chi connectivity index (χ2n) is 5.01. The molecular formula is C14H19Cl2N3O. The molecule has 0 aromatic heterocycles. The molecule has 6 heteroatoms. The van der Waals surface area contributed by atoms with Gasteiger partial charge in [-0.15, -0.1) is 0 Å². The zero-order valence-corrected chi connectivity index (χ0v) is 13.0. The van der Waals surface area contributed by atoms with Gasteiger partial charge < -0.3 is 10.6 Å². The van der Waals surface area contributed by atoms with Gasteiger partial charge >= 0.3 is 0 Å². The van der Waals surface area contributed by atoms with Crippen LogP contribution in [0.25, 0.3) is 0 Å². The van der Waals surface area contributed by atoms with Gasteiger partial charge in [-0.05, 0) is 25.1 Å². The number of carbonyl (C=O) groups excluding carboxylic acids is 1. The Hall–Kier alpha value is -0.810. The maximum absolute atomic E-state index is 12.0. The van der Waals surface area contributed by atoms with E-state index in [0.29, 0.717) is 28.2 Å². The van der Waals surface area contributed by atoms with E-state index in [9.17, 15) is 4.79 Å². The molecule has 1 atom stereocenters. The molecule has 1 saturated heterocycles. The van der Waals surface area contributed by atoms with E-state index in [1.807, 2.05) is 0 Å². The van der Waals surface area contributed by atoms with E-state index in [2.05, 4.69) is 22.5 Å². The fourth-order valence-electron chi connectivity index (χ4n) is 2.27. The standard InChI is InChI=1S/C14H19Cl2N3O/c1-10-9-17-5-7-19(10)6-4-14(20)18-13-8-11(15)2-3-12(13)16/h2-3,8,10,17H,4-7,9H2,1H3,(H,18,20)/t10-/m0/s1. The SMILES string of the molecule is C[C@H]1CNCCN1CCC(=O)Nc1cc(Cl)ccc1Cl. The summed E-state index contributed by atoms with van der Waals surface area (Å²) in [6.07, 6.45) is 0.452. The largest absolute Gasteiger partial charge is 0.325 e. The van der Waals surface area contributed by atoms with E-state index in [1.165, 1.54) is 0 Å². The average Bonchev–Trinajstić information content (AvgIpc) is 2.42. The van der Waals surface area contributed by atoms with Gasteiger partial charge in [-0.25, -0.2) is 0 Å². The van der Waals surface area contributed by atoms with Crippen LogP contribution in [0.2, 0.25) is 10.0 Å². The van der Waals surface area contributed by atoms with E-state index >= 15 is 0 Å². The first kappa shape index (κ1) is 15.6. The third-order valence-electron chi connectivity index (χ3n) is 3.47. The first-order valence-electron chi connectivity index (χ1n) is 6.76. The summed E-state index contributed by atoms with van der Waals surface area (Å²) in [5.74, 6) is -0.0418.